The molecule has 0 radical (unpaired) electrons. The Kier molecular flexibility index (Phi) is 2.63. The Morgan fingerprint density at radius 2 is 2.11 bits per heavy atom. The Morgan fingerprint density at radius 3 is 2.84 bits per heavy atom. The molecule has 1 aromatic carbocycles. The lowest BCUT2D eigenvalue weighted by Crippen LogP contribution is -2.01. The highest BCUT2D eigenvalue weighted by atomic mass is 16.1. The summed E-state index contributed by atoms with van der Waals surface area (Å²) in [7, 11) is 1.81. The number of carbonyl (C=O) groups excluding carboxylic acids is 1. The zero-order valence-electron chi connectivity index (χ0n) is 10.8. The first-order chi connectivity index (χ1) is 9.15. The van der Waals surface area contributed by atoms with Crippen molar-refractivity contribution in [3.63, 3.8) is 0 Å². The quantitative estimate of drug-likeness (QED) is 0.657. The Balaban J connectivity index is 2.09. The average Bonchev–Trinajstić information content (AvgIpc) is 2.76. The highest BCUT2D eigenvalue weighted by molar-refractivity contribution is 6.10. The molecule has 0 bridgehead atoms. The van der Waals surface area contributed by atoms with Crippen LogP contribution in [-0.4, -0.2) is 20.5 Å². The number of fused-ring (bicyclic) bond motifs is 1. The van der Waals surface area contributed by atoms with Crippen molar-refractivity contribution in [2.45, 2.75) is 6.92 Å². The van der Waals surface area contributed by atoms with Gasteiger partial charge in [0, 0.05) is 30.4 Å². The van der Waals surface area contributed by atoms with Gasteiger partial charge in [-0.2, -0.15) is 5.10 Å². The predicted octanol–water partition coefficient (Wildman–Crippen LogP) is 2.51. The van der Waals surface area contributed by atoms with Crippen LogP contribution in [0.4, 0.5) is 0 Å². The van der Waals surface area contributed by atoms with Gasteiger partial charge in [-0.15, -0.1) is 0 Å². The summed E-state index contributed by atoms with van der Waals surface area (Å²) < 4.78 is 1.66. The standard InChI is InChI=1S/C15H13N3O/c1-10-13(9-18(2)17-10)15(19)12-5-6-14-11(8-12)4-3-7-16-14/h3-9H,1-2H3. The molecule has 0 spiro atoms. The van der Waals surface area contributed by atoms with Crippen molar-refractivity contribution in [3.05, 3.63) is 59.5 Å². The van der Waals surface area contributed by atoms with E-state index in [4.69, 9.17) is 0 Å². The van der Waals surface area contributed by atoms with Gasteiger partial charge in [0.05, 0.1) is 16.8 Å². The van der Waals surface area contributed by atoms with E-state index in [1.54, 1.807) is 17.1 Å². The maximum atomic E-state index is 12.5. The maximum absolute atomic E-state index is 12.5. The first kappa shape index (κ1) is 11.6. The van der Waals surface area contributed by atoms with Crippen molar-refractivity contribution in [1.82, 2.24) is 14.8 Å². The number of pyridine rings is 1. The predicted molar refractivity (Wildman–Crippen MR) is 73.1 cm³/mol. The van der Waals surface area contributed by atoms with Gasteiger partial charge in [-0.25, -0.2) is 0 Å². The monoisotopic (exact) mass is 251 g/mol. The van der Waals surface area contributed by atoms with E-state index in [1.807, 2.05) is 44.3 Å². The van der Waals surface area contributed by atoms with E-state index in [1.165, 1.54) is 0 Å². The summed E-state index contributed by atoms with van der Waals surface area (Å²) in [6.45, 7) is 1.84. The van der Waals surface area contributed by atoms with Crippen LogP contribution in [0.1, 0.15) is 21.6 Å². The number of carbonyl (C=O) groups is 1. The van der Waals surface area contributed by atoms with Crippen LogP contribution in [0.5, 0.6) is 0 Å². The number of aromatic nitrogens is 3. The third-order valence-corrected chi connectivity index (χ3v) is 3.12. The van der Waals surface area contributed by atoms with Gasteiger partial charge in [-0.1, -0.05) is 6.07 Å². The van der Waals surface area contributed by atoms with Crippen LogP contribution in [0.25, 0.3) is 10.9 Å². The van der Waals surface area contributed by atoms with E-state index in [0.717, 1.165) is 16.6 Å². The summed E-state index contributed by atoms with van der Waals surface area (Å²) in [4.78, 5) is 16.7. The van der Waals surface area contributed by atoms with E-state index in [0.29, 0.717) is 11.1 Å². The number of hydrogen-bond donors (Lipinski definition) is 0. The highest BCUT2D eigenvalue weighted by Gasteiger charge is 2.15. The summed E-state index contributed by atoms with van der Waals surface area (Å²) in [5, 5.41) is 5.17. The zero-order chi connectivity index (χ0) is 13.4. The highest BCUT2D eigenvalue weighted by Crippen LogP contribution is 2.17. The number of hydrogen-bond acceptors (Lipinski definition) is 3. The smallest absolute Gasteiger partial charge is 0.196 e. The molecule has 4 nitrogen and oxygen atoms in total. The lowest BCUT2D eigenvalue weighted by atomic mass is 10.0. The molecule has 3 rings (SSSR count). The maximum Gasteiger partial charge on any atom is 0.196 e. The molecule has 4 heteroatoms. The van der Waals surface area contributed by atoms with Crippen molar-refractivity contribution in [2.24, 2.45) is 7.05 Å². The van der Waals surface area contributed by atoms with Gasteiger partial charge >= 0.3 is 0 Å². The molecule has 0 N–H and O–H groups in total. The molecule has 0 aliphatic heterocycles. The van der Waals surface area contributed by atoms with E-state index in [9.17, 15) is 4.79 Å². The van der Waals surface area contributed by atoms with Crippen LogP contribution >= 0.6 is 0 Å². The molecular formula is C15H13N3O. The van der Waals surface area contributed by atoms with E-state index in [-0.39, 0.29) is 5.78 Å². The van der Waals surface area contributed by atoms with Crippen molar-refractivity contribution in [1.29, 1.82) is 0 Å². The third-order valence-electron chi connectivity index (χ3n) is 3.12. The molecule has 0 aliphatic carbocycles. The lowest BCUT2D eigenvalue weighted by molar-refractivity contribution is 0.103. The van der Waals surface area contributed by atoms with Crippen LogP contribution in [-0.2, 0) is 7.05 Å². The summed E-state index contributed by atoms with van der Waals surface area (Å²) >= 11 is 0. The third kappa shape index (κ3) is 2.01. The second-order valence-corrected chi connectivity index (χ2v) is 4.54. The molecule has 94 valence electrons. The summed E-state index contributed by atoms with van der Waals surface area (Å²) in [5.41, 5.74) is 2.95. The first-order valence-corrected chi connectivity index (χ1v) is 6.05. The molecule has 0 aliphatic rings. The Hall–Kier alpha value is -2.49. The minimum atomic E-state index is -0.00338. The number of ketones is 1. The van der Waals surface area contributed by atoms with Gasteiger partial charge in [-0.05, 0) is 31.2 Å². The minimum Gasteiger partial charge on any atom is -0.288 e. The van der Waals surface area contributed by atoms with Crippen LogP contribution in [0.3, 0.4) is 0 Å². The normalized spacial score (nSPS) is 10.8. The average molecular weight is 251 g/mol. The second-order valence-electron chi connectivity index (χ2n) is 4.54. The van der Waals surface area contributed by atoms with E-state index >= 15 is 0 Å². The Morgan fingerprint density at radius 1 is 1.26 bits per heavy atom. The number of rotatable bonds is 2. The van der Waals surface area contributed by atoms with Crippen LogP contribution in [0.2, 0.25) is 0 Å². The van der Waals surface area contributed by atoms with Crippen molar-refractivity contribution in [2.75, 3.05) is 0 Å². The molecule has 2 heterocycles. The van der Waals surface area contributed by atoms with Crippen LogP contribution < -0.4 is 0 Å². The molecule has 0 fully saturated rings. The molecule has 0 atom stereocenters. The topological polar surface area (TPSA) is 47.8 Å². The summed E-state index contributed by atoms with van der Waals surface area (Å²) in [5.74, 6) is -0.00338. The van der Waals surface area contributed by atoms with Crippen LogP contribution in [0.15, 0.2) is 42.7 Å². The second kappa shape index (κ2) is 4.31. The summed E-state index contributed by atoms with van der Waals surface area (Å²) in [6, 6.07) is 9.37. The Bertz CT molecular complexity index is 774. The van der Waals surface area contributed by atoms with E-state index < -0.39 is 0 Å². The first-order valence-electron chi connectivity index (χ1n) is 6.05. The largest absolute Gasteiger partial charge is 0.288 e. The molecule has 2 aromatic heterocycles. The minimum absolute atomic E-state index is 0.00338. The van der Waals surface area contributed by atoms with Gasteiger partial charge in [-0.3, -0.25) is 14.5 Å². The molecule has 19 heavy (non-hydrogen) atoms. The van der Waals surface area contributed by atoms with Crippen molar-refractivity contribution < 1.29 is 4.79 Å². The Labute approximate surface area is 110 Å². The fourth-order valence-electron chi connectivity index (χ4n) is 2.19. The van der Waals surface area contributed by atoms with Crippen molar-refractivity contribution >= 4 is 16.7 Å². The SMILES string of the molecule is Cc1nn(C)cc1C(=O)c1ccc2ncccc2c1. The number of benzene rings is 1. The van der Waals surface area contributed by atoms with Crippen molar-refractivity contribution in [3.8, 4) is 0 Å². The fraction of sp³-hybridized carbons (Fsp3) is 0.133. The van der Waals surface area contributed by atoms with E-state index in [2.05, 4.69) is 10.1 Å². The van der Waals surface area contributed by atoms with Gasteiger partial charge in [0.15, 0.2) is 5.78 Å². The lowest BCUT2D eigenvalue weighted by Gasteiger charge is -2.01. The molecule has 0 saturated heterocycles. The molecule has 0 unspecified atom stereocenters. The van der Waals surface area contributed by atoms with Gasteiger partial charge in [0.25, 0.3) is 0 Å². The zero-order valence-corrected chi connectivity index (χ0v) is 10.8. The summed E-state index contributed by atoms with van der Waals surface area (Å²) in [6.07, 6.45) is 3.50. The molecule has 0 saturated carbocycles. The van der Waals surface area contributed by atoms with Crippen LogP contribution in [0, 0.1) is 6.92 Å². The van der Waals surface area contributed by atoms with Gasteiger partial charge < -0.3 is 0 Å². The van der Waals surface area contributed by atoms with Gasteiger partial charge in [0.2, 0.25) is 0 Å². The number of aryl methyl sites for hydroxylation is 2. The fourth-order valence-corrected chi connectivity index (χ4v) is 2.19. The molecule has 0 amide bonds. The van der Waals surface area contributed by atoms with Gasteiger partial charge in [0.1, 0.15) is 0 Å². The number of nitrogens with zero attached hydrogens (tertiary/aromatic N) is 3. The molecule has 3 aromatic rings. The molecular weight excluding hydrogens is 238 g/mol.